The van der Waals surface area contributed by atoms with Gasteiger partial charge in [0.25, 0.3) is 5.56 Å². The Morgan fingerprint density at radius 1 is 1.39 bits per heavy atom. The van der Waals surface area contributed by atoms with E-state index < -0.39 is 0 Å². The third-order valence-corrected chi connectivity index (χ3v) is 7.95. The number of aryl methyl sites for hydroxylation is 1. The van der Waals surface area contributed by atoms with Gasteiger partial charge < -0.3 is 9.15 Å². The average Bonchev–Trinajstić information content (AvgIpc) is 3.42. The molecular formula is C21H24N2O3S2. The van der Waals surface area contributed by atoms with Gasteiger partial charge in [-0.25, -0.2) is 4.98 Å². The van der Waals surface area contributed by atoms with Crippen LogP contribution in [0, 0.1) is 5.92 Å². The fourth-order valence-corrected chi connectivity index (χ4v) is 6.64. The lowest BCUT2D eigenvalue weighted by molar-refractivity contribution is 0.129. The molecule has 0 N–H and O–H groups in total. The van der Waals surface area contributed by atoms with E-state index in [1.54, 1.807) is 33.9 Å². The zero-order valence-electron chi connectivity index (χ0n) is 16.0. The van der Waals surface area contributed by atoms with Crippen molar-refractivity contribution in [1.29, 1.82) is 0 Å². The Balaban J connectivity index is 1.58. The van der Waals surface area contributed by atoms with Crippen molar-refractivity contribution in [3.63, 3.8) is 0 Å². The van der Waals surface area contributed by atoms with Crippen LogP contribution in [0.4, 0.5) is 0 Å². The smallest absolute Gasteiger partial charge is 0.263 e. The molecule has 5 rings (SSSR count). The molecule has 1 saturated heterocycles. The summed E-state index contributed by atoms with van der Waals surface area (Å²) in [7, 11) is 0. The van der Waals surface area contributed by atoms with Gasteiger partial charge in [-0.05, 0) is 55.7 Å². The molecule has 0 amide bonds. The second-order valence-corrected chi connectivity index (χ2v) is 9.91. The first-order chi connectivity index (χ1) is 13.7. The Hall–Kier alpha value is -1.57. The van der Waals surface area contributed by atoms with Crippen LogP contribution in [0.1, 0.15) is 42.4 Å². The summed E-state index contributed by atoms with van der Waals surface area (Å²) in [4.78, 5) is 20.7. The SMILES string of the molecule is C[C@@H]1CCc2c(sc3nc(SC[C@H]4CCCO4)n(Cc4ccco4)c(=O)c23)C1. The van der Waals surface area contributed by atoms with E-state index in [-0.39, 0.29) is 11.7 Å². The van der Waals surface area contributed by atoms with Crippen LogP contribution >= 0.6 is 23.1 Å². The number of thioether (sulfide) groups is 1. The quantitative estimate of drug-likeness (QED) is 0.453. The minimum atomic E-state index is 0.0725. The maximum atomic E-state index is 13.5. The fourth-order valence-electron chi connectivity index (χ4n) is 4.16. The number of aromatic nitrogens is 2. The molecule has 0 radical (unpaired) electrons. The first-order valence-corrected chi connectivity index (χ1v) is 11.8. The van der Waals surface area contributed by atoms with E-state index in [9.17, 15) is 4.79 Å². The first kappa shape index (κ1) is 18.5. The number of hydrogen-bond acceptors (Lipinski definition) is 6. The molecule has 28 heavy (non-hydrogen) atoms. The second kappa shape index (κ2) is 7.69. The van der Waals surface area contributed by atoms with E-state index in [4.69, 9.17) is 14.1 Å². The van der Waals surface area contributed by atoms with Crippen LogP contribution in [-0.2, 0) is 24.1 Å². The molecule has 0 spiro atoms. The summed E-state index contributed by atoms with van der Waals surface area (Å²) < 4.78 is 13.1. The highest BCUT2D eigenvalue weighted by Gasteiger charge is 2.25. The first-order valence-electron chi connectivity index (χ1n) is 10.0. The standard InChI is InChI=1S/C21H24N2O3S2/c1-13-6-7-16-17(10-13)28-19-18(16)20(24)23(11-14-4-2-8-25-14)21(22-19)27-12-15-5-3-9-26-15/h2,4,8,13,15H,3,5-7,9-12H2,1H3/t13-,15-/m1/s1. The Kier molecular flexibility index (Phi) is 5.07. The molecule has 7 heteroatoms. The normalized spacial score (nSPS) is 22.0. The van der Waals surface area contributed by atoms with E-state index in [0.29, 0.717) is 12.5 Å². The lowest BCUT2D eigenvalue weighted by Gasteiger charge is -2.17. The van der Waals surface area contributed by atoms with Crippen molar-refractivity contribution in [2.75, 3.05) is 12.4 Å². The minimum absolute atomic E-state index is 0.0725. The number of ether oxygens (including phenoxy) is 1. The summed E-state index contributed by atoms with van der Waals surface area (Å²) in [5.74, 6) is 2.29. The topological polar surface area (TPSA) is 57.3 Å². The molecule has 0 unspecified atom stereocenters. The maximum Gasteiger partial charge on any atom is 0.263 e. The highest BCUT2D eigenvalue weighted by Crippen LogP contribution is 2.36. The molecule has 0 aromatic carbocycles. The molecule has 1 aliphatic carbocycles. The van der Waals surface area contributed by atoms with E-state index in [1.807, 2.05) is 12.1 Å². The number of nitrogens with zero attached hydrogens (tertiary/aromatic N) is 2. The summed E-state index contributed by atoms with van der Waals surface area (Å²) in [6.45, 7) is 3.55. The van der Waals surface area contributed by atoms with Crippen molar-refractivity contribution >= 4 is 33.3 Å². The molecular weight excluding hydrogens is 392 g/mol. The van der Waals surface area contributed by atoms with E-state index in [1.165, 1.54) is 10.4 Å². The van der Waals surface area contributed by atoms with Crippen molar-refractivity contribution in [2.45, 2.75) is 56.8 Å². The predicted molar refractivity (Wildman–Crippen MR) is 113 cm³/mol. The fraction of sp³-hybridized carbons (Fsp3) is 0.524. The van der Waals surface area contributed by atoms with Crippen molar-refractivity contribution in [3.05, 3.63) is 45.0 Å². The molecule has 0 bridgehead atoms. The average molecular weight is 417 g/mol. The molecule has 4 heterocycles. The van der Waals surface area contributed by atoms with E-state index in [2.05, 4.69) is 6.92 Å². The van der Waals surface area contributed by atoms with Gasteiger partial charge in [0.05, 0.1) is 24.3 Å². The largest absolute Gasteiger partial charge is 0.467 e. The number of thiophene rings is 1. The van der Waals surface area contributed by atoms with E-state index >= 15 is 0 Å². The molecule has 3 aromatic rings. The maximum absolute atomic E-state index is 13.5. The highest BCUT2D eigenvalue weighted by molar-refractivity contribution is 7.99. The van der Waals surface area contributed by atoms with Gasteiger partial charge in [0.2, 0.25) is 0 Å². The van der Waals surface area contributed by atoms with Gasteiger partial charge >= 0.3 is 0 Å². The van der Waals surface area contributed by atoms with Crippen LogP contribution < -0.4 is 5.56 Å². The van der Waals surface area contributed by atoms with Crippen molar-refractivity contribution in [3.8, 4) is 0 Å². The molecule has 0 saturated carbocycles. The molecule has 148 valence electrons. The second-order valence-electron chi connectivity index (χ2n) is 7.84. The molecule has 5 nitrogen and oxygen atoms in total. The summed E-state index contributed by atoms with van der Waals surface area (Å²) in [5, 5.41) is 1.61. The summed E-state index contributed by atoms with van der Waals surface area (Å²) in [5.41, 5.74) is 1.31. The lowest BCUT2D eigenvalue weighted by Crippen LogP contribution is -2.25. The Labute approximate surface area is 172 Å². The van der Waals surface area contributed by atoms with Gasteiger partial charge in [0.15, 0.2) is 5.16 Å². The molecule has 1 aliphatic heterocycles. The minimum Gasteiger partial charge on any atom is -0.467 e. The van der Waals surface area contributed by atoms with Crippen molar-refractivity contribution in [1.82, 2.24) is 9.55 Å². The Morgan fingerprint density at radius 3 is 3.11 bits per heavy atom. The van der Waals surface area contributed by atoms with Gasteiger partial charge in [0, 0.05) is 17.2 Å². The Bertz CT molecular complexity index is 1030. The van der Waals surface area contributed by atoms with Gasteiger partial charge in [0.1, 0.15) is 10.6 Å². The number of hydrogen-bond donors (Lipinski definition) is 0. The van der Waals surface area contributed by atoms with E-state index in [0.717, 1.165) is 65.6 Å². The monoisotopic (exact) mass is 416 g/mol. The molecule has 3 aromatic heterocycles. The van der Waals surface area contributed by atoms with Gasteiger partial charge in [-0.3, -0.25) is 9.36 Å². The third kappa shape index (κ3) is 3.44. The van der Waals surface area contributed by atoms with Crippen molar-refractivity contribution in [2.24, 2.45) is 5.92 Å². The lowest BCUT2D eigenvalue weighted by atomic mass is 9.89. The van der Waals surface area contributed by atoms with Crippen LogP contribution in [-0.4, -0.2) is 28.0 Å². The zero-order chi connectivity index (χ0) is 19.1. The molecule has 2 atom stereocenters. The molecule has 2 aliphatic rings. The zero-order valence-corrected chi connectivity index (χ0v) is 17.6. The summed E-state index contributed by atoms with van der Waals surface area (Å²) in [6.07, 6.45) is 7.30. The predicted octanol–water partition coefficient (Wildman–Crippen LogP) is 4.50. The van der Waals surface area contributed by atoms with Gasteiger partial charge in [-0.15, -0.1) is 11.3 Å². The molecule has 1 fully saturated rings. The van der Waals surface area contributed by atoms with Gasteiger partial charge in [-0.1, -0.05) is 18.7 Å². The number of fused-ring (bicyclic) bond motifs is 3. The van der Waals surface area contributed by atoms with Crippen molar-refractivity contribution < 1.29 is 9.15 Å². The van der Waals surface area contributed by atoms with Crippen LogP contribution in [0.15, 0.2) is 32.8 Å². The van der Waals surface area contributed by atoms with Crippen LogP contribution in [0.3, 0.4) is 0 Å². The van der Waals surface area contributed by atoms with Crippen LogP contribution in [0.2, 0.25) is 0 Å². The number of rotatable bonds is 5. The van der Waals surface area contributed by atoms with Crippen LogP contribution in [0.25, 0.3) is 10.2 Å². The third-order valence-electron chi connectivity index (χ3n) is 5.70. The summed E-state index contributed by atoms with van der Waals surface area (Å²) >= 11 is 3.35. The van der Waals surface area contributed by atoms with Gasteiger partial charge in [-0.2, -0.15) is 0 Å². The number of furan rings is 1. The highest BCUT2D eigenvalue weighted by atomic mass is 32.2. The van der Waals surface area contributed by atoms with Crippen LogP contribution in [0.5, 0.6) is 0 Å². The summed E-state index contributed by atoms with van der Waals surface area (Å²) in [6, 6.07) is 3.77. The Morgan fingerprint density at radius 2 is 2.32 bits per heavy atom.